The third-order valence-electron chi connectivity index (χ3n) is 3.82. The molecule has 0 aliphatic carbocycles. The first-order chi connectivity index (χ1) is 9.65. The van der Waals surface area contributed by atoms with Gasteiger partial charge in [0, 0.05) is 46.0 Å². The number of amides is 1. The number of para-hydroxylation sites is 1. The molecule has 1 unspecified atom stereocenters. The highest BCUT2D eigenvalue weighted by molar-refractivity contribution is 5.85. The average Bonchev–Trinajstić information content (AvgIpc) is 2.64. The summed E-state index contributed by atoms with van der Waals surface area (Å²) in [5.74, 6) is 0.104. The van der Waals surface area contributed by atoms with Crippen molar-refractivity contribution in [3.63, 3.8) is 0 Å². The summed E-state index contributed by atoms with van der Waals surface area (Å²) in [5, 5.41) is 0. The number of nitrogens with zero attached hydrogens (tertiary/aromatic N) is 2. The lowest BCUT2D eigenvalue weighted by atomic mass is 10.1. The molecule has 1 aliphatic rings. The molecule has 0 aromatic heterocycles. The normalized spacial score (nSPS) is 15.0. The van der Waals surface area contributed by atoms with E-state index in [4.69, 9.17) is 10.5 Å². The van der Waals surface area contributed by atoms with Crippen LogP contribution in [0.25, 0.3) is 0 Å². The third kappa shape index (κ3) is 5.02. The fourth-order valence-electron chi connectivity index (χ4n) is 2.49. The molecule has 1 aliphatic heterocycles. The van der Waals surface area contributed by atoms with Gasteiger partial charge in [0.1, 0.15) is 0 Å². The number of methoxy groups -OCH3 is 1. The van der Waals surface area contributed by atoms with E-state index in [0.717, 1.165) is 13.1 Å². The zero-order valence-electron chi connectivity index (χ0n) is 13.0. The molecular weight excluding hydrogens is 325 g/mol. The summed E-state index contributed by atoms with van der Waals surface area (Å²) in [6.45, 7) is 2.58. The van der Waals surface area contributed by atoms with Gasteiger partial charge in [-0.05, 0) is 11.6 Å². The predicted molar refractivity (Wildman–Crippen MR) is 94.1 cm³/mol. The lowest BCUT2D eigenvalue weighted by molar-refractivity contribution is -0.134. The number of hydrogen-bond acceptors (Lipinski definition) is 4. The van der Waals surface area contributed by atoms with Crippen LogP contribution in [0.5, 0.6) is 0 Å². The number of fused-ring (bicyclic) bond motifs is 1. The van der Waals surface area contributed by atoms with Crippen molar-refractivity contribution in [1.29, 1.82) is 0 Å². The Morgan fingerprint density at radius 2 is 2.00 bits per heavy atom. The van der Waals surface area contributed by atoms with Crippen molar-refractivity contribution >= 4 is 36.4 Å². The first kappa shape index (κ1) is 21.0. The van der Waals surface area contributed by atoms with Crippen molar-refractivity contribution in [2.75, 3.05) is 38.7 Å². The Labute approximate surface area is 144 Å². The maximum Gasteiger partial charge on any atom is 0.225 e. The number of carbonyl (C=O) groups excluding carboxylic acids is 1. The van der Waals surface area contributed by atoms with E-state index in [-0.39, 0.29) is 36.8 Å². The molecule has 2 rings (SSSR count). The Bertz CT molecular complexity index is 470. The highest BCUT2D eigenvalue weighted by Gasteiger charge is 2.22. The minimum absolute atomic E-state index is 0. The van der Waals surface area contributed by atoms with Crippen molar-refractivity contribution in [3.8, 4) is 0 Å². The van der Waals surface area contributed by atoms with Crippen LogP contribution >= 0.6 is 24.8 Å². The van der Waals surface area contributed by atoms with Crippen LogP contribution < -0.4 is 10.6 Å². The van der Waals surface area contributed by atoms with Crippen molar-refractivity contribution < 1.29 is 9.53 Å². The van der Waals surface area contributed by atoms with Gasteiger partial charge in [-0.15, -0.1) is 24.8 Å². The fraction of sp³-hybridized carbons (Fsp3) is 0.533. The van der Waals surface area contributed by atoms with Crippen molar-refractivity contribution in [2.24, 2.45) is 5.73 Å². The van der Waals surface area contributed by atoms with Gasteiger partial charge < -0.3 is 20.3 Å². The van der Waals surface area contributed by atoms with Crippen LogP contribution in [0.1, 0.15) is 12.0 Å². The van der Waals surface area contributed by atoms with E-state index in [2.05, 4.69) is 24.1 Å². The zero-order chi connectivity index (χ0) is 14.5. The number of hydrogen-bond donors (Lipinski definition) is 1. The molecule has 0 saturated heterocycles. The molecular formula is C15H25Cl2N3O2. The van der Waals surface area contributed by atoms with Gasteiger partial charge in [-0.3, -0.25) is 4.79 Å². The summed E-state index contributed by atoms with van der Waals surface area (Å²) < 4.78 is 5.20. The average molecular weight is 350 g/mol. The van der Waals surface area contributed by atoms with E-state index >= 15 is 0 Å². The number of likely N-dealkylation sites (N-methyl/N-ethyl adjacent to an activating group) is 1. The Hall–Kier alpha value is -1.01. The summed E-state index contributed by atoms with van der Waals surface area (Å²) in [4.78, 5) is 16.5. The van der Waals surface area contributed by atoms with Crippen LogP contribution in [0.15, 0.2) is 24.3 Å². The molecule has 7 heteroatoms. The lowest BCUT2D eigenvalue weighted by Crippen LogP contribution is -2.37. The van der Waals surface area contributed by atoms with Crippen LogP contribution in [0, 0.1) is 0 Å². The largest absolute Gasteiger partial charge is 0.380 e. The molecule has 5 nitrogen and oxygen atoms in total. The molecule has 1 aromatic carbocycles. The topological polar surface area (TPSA) is 58.8 Å². The number of rotatable bonds is 4. The van der Waals surface area contributed by atoms with Crippen LogP contribution in [0.2, 0.25) is 0 Å². The molecule has 2 N–H and O–H groups in total. The van der Waals surface area contributed by atoms with Crippen molar-refractivity contribution in [2.45, 2.75) is 19.1 Å². The van der Waals surface area contributed by atoms with Gasteiger partial charge >= 0.3 is 0 Å². The zero-order valence-corrected chi connectivity index (χ0v) is 14.7. The second-order valence-electron chi connectivity index (χ2n) is 5.16. The number of nitrogens with two attached hydrogens (primary N) is 1. The minimum Gasteiger partial charge on any atom is -0.380 e. The maximum absolute atomic E-state index is 12.4. The molecule has 22 heavy (non-hydrogen) atoms. The van der Waals surface area contributed by atoms with Gasteiger partial charge in [0.15, 0.2) is 0 Å². The summed E-state index contributed by atoms with van der Waals surface area (Å²) in [6, 6.07) is 8.22. The predicted octanol–water partition coefficient (Wildman–Crippen LogP) is 1.67. The minimum atomic E-state index is -0.196. The van der Waals surface area contributed by atoms with Crippen LogP contribution in [0.4, 0.5) is 5.69 Å². The van der Waals surface area contributed by atoms with Gasteiger partial charge in [-0.25, -0.2) is 0 Å². The van der Waals surface area contributed by atoms with E-state index in [9.17, 15) is 4.79 Å². The SMILES string of the molecule is COC(CN)CC(=O)N1CCN(C)c2ccccc2C1.Cl.Cl. The number of ether oxygens (including phenoxy) is 1. The van der Waals surface area contributed by atoms with Crippen LogP contribution in [-0.4, -0.2) is 50.7 Å². The third-order valence-corrected chi connectivity index (χ3v) is 3.82. The molecule has 1 aromatic rings. The van der Waals surface area contributed by atoms with Crippen molar-refractivity contribution in [3.05, 3.63) is 29.8 Å². The Morgan fingerprint density at radius 3 is 2.64 bits per heavy atom. The summed E-state index contributed by atoms with van der Waals surface area (Å²) in [7, 11) is 3.65. The van der Waals surface area contributed by atoms with E-state index in [1.165, 1.54) is 11.3 Å². The van der Waals surface area contributed by atoms with Gasteiger partial charge in [0.2, 0.25) is 5.91 Å². The summed E-state index contributed by atoms with van der Waals surface area (Å²) >= 11 is 0. The monoisotopic (exact) mass is 349 g/mol. The molecule has 0 spiro atoms. The number of halogens is 2. The van der Waals surface area contributed by atoms with Crippen LogP contribution in [0.3, 0.4) is 0 Å². The molecule has 0 saturated carbocycles. The maximum atomic E-state index is 12.4. The van der Waals surface area contributed by atoms with E-state index in [1.54, 1.807) is 7.11 Å². The highest BCUT2D eigenvalue weighted by atomic mass is 35.5. The highest BCUT2D eigenvalue weighted by Crippen LogP contribution is 2.24. The van der Waals surface area contributed by atoms with Gasteiger partial charge in [0.25, 0.3) is 0 Å². The Kier molecular flexibility index (Phi) is 9.44. The smallest absolute Gasteiger partial charge is 0.225 e. The first-order valence-corrected chi connectivity index (χ1v) is 6.95. The number of anilines is 1. The van der Waals surface area contributed by atoms with Crippen LogP contribution in [-0.2, 0) is 16.1 Å². The summed E-state index contributed by atoms with van der Waals surface area (Å²) in [5.41, 5.74) is 7.97. The van der Waals surface area contributed by atoms with Gasteiger partial charge in [-0.2, -0.15) is 0 Å². The summed E-state index contributed by atoms with van der Waals surface area (Å²) in [6.07, 6.45) is 0.150. The van der Waals surface area contributed by atoms with E-state index < -0.39 is 0 Å². The molecule has 1 heterocycles. The van der Waals surface area contributed by atoms with E-state index in [0.29, 0.717) is 19.5 Å². The van der Waals surface area contributed by atoms with Gasteiger partial charge in [0.05, 0.1) is 12.5 Å². The Morgan fingerprint density at radius 1 is 1.32 bits per heavy atom. The standard InChI is InChI=1S/C15H23N3O2.2ClH/c1-17-7-8-18(15(19)9-13(10-16)20-2)11-12-5-3-4-6-14(12)17;;/h3-6,13H,7-11,16H2,1-2H3;2*1H. The molecule has 1 amide bonds. The number of benzene rings is 1. The molecule has 0 radical (unpaired) electrons. The molecule has 1 atom stereocenters. The lowest BCUT2D eigenvalue weighted by Gasteiger charge is -2.23. The second-order valence-corrected chi connectivity index (χ2v) is 5.16. The second kappa shape index (κ2) is 9.90. The number of carbonyl (C=O) groups is 1. The van der Waals surface area contributed by atoms with Crippen molar-refractivity contribution in [1.82, 2.24) is 4.90 Å². The quantitative estimate of drug-likeness (QED) is 0.898. The fourth-order valence-corrected chi connectivity index (χ4v) is 2.49. The molecule has 0 fully saturated rings. The van der Waals surface area contributed by atoms with Gasteiger partial charge in [-0.1, -0.05) is 18.2 Å². The van der Waals surface area contributed by atoms with E-state index in [1.807, 2.05) is 17.0 Å². The Balaban J connectivity index is 0.00000220. The first-order valence-electron chi connectivity index (χ1n) is 6.95. The molecule has 126 valence electrons. The molecule has 0 bridgehead atoms.